The molecule has 2 aliphatic carbocycles. The van der Waals surface area contributed by atoms with Crippen LogP contribution in [0.25, 0.3) is 0 Å². The average molecular weight is 343 g/mol. The normalized spacial score (nSPS) is 19.5. The number of hydrogen-bond donors (Lipinski definition) is 1. The van der Waals surface area contributed by atoms with Crippen molar-refractivity contribution in [3.05, 3.63) is 35.4 Å². The van der Waals surface area contributed by atoms with Crippen LogP contribution < -0.4 is 0 Å². The van der Waals surface area contributed by atoms with Crippen molar-refractivity contribution in [1.82, 2.24) is 4.90 Å². The highest BCUT2D eigenvalue weighted by atomic mass is 16.4. The van der Waals surface area contributed by atoms with Crippen LogP contribution in [0.15, 0.2) is 24.3 Å². The van der Waals surface area contributed by atoms with E-state index in [0.29, 0.717) is 23.2 Å². The third-order valence-corrected chi connectivity index (χ3v) is 5.76. The summed E-state index contributed by atoms with van der Waals surface area (Å²) in [6, 6.07) is 7.89. The predicted octanol–water partition coefficient (Wildman–Crippen LogP) is 4.42. The van der Waals surface area contributed by atoms with Gasteiger partial charge >= 0.3 is 5.97 Å². The largest absolute Gasteiger partial charge is 0.481 e. The molecule has 1 aromatic rings. The third kappa shape index (κ3) is 4.42. The van der Waals surface area contributed by atoms with E-state index in [9.17, 15) is 14.7 Å². The summed E-state index contributed by atoms with van der Waals surface area (Å²) in [6.07, 6.45) is 11.5. The van der Waals surface area contributed by atoms with E-state index in [0.717, 1.165) is 25.7 Å². The summed E-state index contributed by atoms with van der Waals surface area (Å²) >= 11 is 0. The van der Waals surface area contributed by atoms with Crippen LogP contribution >= 0.6 is 0 Å². The van der Waals surface area contributed by atoms with E-state index in [-0.39, 0.29) is 12.3 Å². The molecule has 2 aliphatic rings. The van der Waals surface area contributed by atoms with Crippen LogP contribution in [0.2, 0.25) is 0 Å². The molecule has 0 aromatic heterocycles. The van der Waals surface area contributed by atoms with Crippen molar-refractivity contribution in [2.24, 2.45) is 0 Å². The summed E-state index contributed by atoms with van der Waals surface area (Å²) in [4.78, 5) is 26.8. The van der Waals surface area contributed by atoms with Crippen LogP contribution in [0.1, 0.15) is 80.1 Å². The fraction of sp³-hybridized carbons (Fsp3) is 0.619. The number of nitrogens with zero attached hydrogens (tertiary/aromatic N) is 1. The number of carbonyl (C=O) groups excluding carboxylic acids is 1. The Morgan fingerprint density at radius 3 is 1.92 bits per heavy atom. The molecule has 1 N–H and O–H groups in total. The molecule has 1 aromatic carbocycles. The molecule has 4 nitrogen and oxygen atoms in total. The standard InChI is InChI=1S/C21H29NO3/c23-20(24)15-16-9-7-8-14-19(16)21(25)22(17-10-3-1-4-11-17)18-12-5-2-6-13-18/h7-9,14,17-18H,1-6,10-13,15H2,(H,23,24). The minimum atomic E-state index is -0.887. The van der Waals surface area contributed by atoms with Gasteiger partial charge in [-0.3, -0.25) is 9.59 Å². The molecule has 0 atom stereocenters. The van der Waals surface area contributed by atoms with Gasteiger partial charge in [0.1, 0.15) is 0 Å². The van der Waals surface area contributed by atoms with E-state index in [2.05, 4.69) is 4.90 Å². The lowest BCUT2D eigenvalue weighted by molar-refractivity contribution is -0.136. The topological polar surface area (TPSA) is 57.6 Å². The zero-order valence-electron chi connectivity index (χ0n) is 15.0. The summed E-state index contributed by atoms with van der Waals surface area (Å²) in [6.45, 7) is 0. The van der Waals surface area contributed by atoms with E-state index in [1.54, 1.807) is 12.1 Å². The molecular formula is C21H29NO3. The quantitative estimate of drug-likeness (QED) is 0.861. The van der Waals surface area contributed by atoms with E-state index >= 15 is 0 Å². The van der Waals surface area contributed by atoms with Crippen molar-refractivity contribution in [2.45, 2.75) is 82.7 Å². The highest BCUT2D eigenvalue weighted by Gasteiger charge is 2.33. The van der Waals surface area contributed by atoms with Crippen molar-refractivity contribution < 1.29 is 14.7 Å². The maximum atomic E-state index is 13.5. The van der Waals surface area contributed by atoms with E-state index in [4.69, 9.17) is 0 Å². The van der Waals surface area contributed by atoms with Gasteiger partial charge in [-0.25, -0.2) is 0 Å². The third-order valence-electron chi connectivity index (χ3n) is 5.76. The van der Waals surface area contributed by atoms with E-state index in [1.807, 2.05) is 12.1 Å². The van der Waals surface area contributed by atoms with Gasteiger partial charge in [-0.15, -0.1) is 0 Å². The van der Waals surface area contributed by atoms with Crippen molar-refractivity contribution in [3.8, 4) is 0 Å². The summed E-state index contributed by atoms with van der Waals surface area (Å²) in [5, 5.41) is 9.18. The van der Waals surface area contributed by atoms with Crippen molar-refractivity contribution in [3.63, 3.8) is 0 Å². The molecule has 3 rings (SSSR count). The van der Waals surface area contributed by atoms with Crippen molar-refractivity contribution >= 4 is 11.9 Å². The minimum absolute atomic E-state index is 0.0515. The number of carboxylic acids is 1. The Kier molecular flexibility index (Phi) is 6.11. The average Bonchev–Trinajstić information content (AvgIpc) is 2.63. The van der Waals surface area contributed by atoms with Gasteiger partial charge in [0.15, 0.2) is 0 Å². The Hall–Kier alpha value is -1.84. The molecule has 0 radical (unpaired) electrons. The summed E-state index contributed by atoms with van der Waals surface area (Å²) in [5.74, 6) is -0.835. The van der Waals surface area contributed by atoms with E-state index in [1.165, 1.54) is 38.5 Å². The first-order valence-electron chi connectivity index (χ1n) is 9.79. The zero-order chi connectivity index (χ0) is 17.6. The molecule has 2 saturated carbocycles. The monoisotopic (exact) mass is 343 g/mol. The van der Waals surface area contributed by atoms with Gasteiger partial charge in [0.25, 0.3) is 5.91 Å². The first kappa shape index (κ1) is 18.0. The molecular weight excluding hydrogens is 314 g/mol. The van der Waals surface area contributed by atoms with Gasteiger partial charge in [-0.1, -0.05) is 56.7 Å². The second-order valence-corrected chi connectivity index (χ2v) is 7.52. The SMILES string of the molecule is O=C(O)Cc1ccccc1C(=O)N(C1CCCCC1)C1CCCCC1. The van der Waals surface area contributed by atoms with Crippen LogP contribution in [0.5, 0.6) is 0 Å². The van der Waals surface area contributed by atoms with Gasteiger partial charge in [0, 0.05) is 17.6 Å². The summed E-state index contributed by atoms with van der Waals surface area (Å²) in [7, 11) is 0. The van der Waals surface area contributed by atoms with Crippen LogP contribution in [-0.4, -0.2) is 34.0 Å². The lowest BCUT2D eigenvalue weighted by Crippen LogP contribution is -2.49. The Morgan fingerprint density at radius 2 is 1.40 bits per heavy atom. The van der Waals surface area contributed by atoms with Gasteiger partial charge < -0.3 is 10.0 Å². The molecule has 136 valence electrons. The highest BCUT2D eigenvalue weighted by molar-refractivity contribution is 5.97. The Labute approximate surface area is 150 Å². The number of aliphatic carboxylic acids is 1. The van der Waals surface area contributed by atoms with Crippen LogP contribution in [-0.2, 0) is 11.2 Å². The smallest absolute Gasteiger partial charge is 0.307 e. The lowest BCUT2D eigenvalue weighted by Gasteiger charge is -2.42. The van der Waals surface area contributed by atoms with Crippen LogP contribution in [0.3, 0.4) is 0 Å². The number of carboxylic acid groups (broad SMARTS) is 1. The van der Waals surface area contributed by atoms with Crippen molar-refractivity contribution in [2.75, 3.05) is 0 Å². The van der Waals surface area contributed by atoms with Gasteiger partial charge in [-0.2, -0.15) is 0 Å². The first-order valence-corrected chi connectivity index (χ1v) is 9.79. The molecule has 0 spiro atoms. The number of rotatable bonds is 5. The second kappa shape index (κ2) is 8.50. The Morgan fingerprint density at radius 1 is 0.880 bits per heavy atom. The van der Waals surface area contributed by atoms with Gasteiger partial charge in [-0.05, 0) is 37.3 Å². The summed E-state index contributed by atoms with van der Waals surface area (Å²) in [5.41, 5.74) is 1.22. The Balaban J connectivity index is 1.89. The molecule has 25 heavy (non-hydrogen) atoms. The molecule has 4 heteroatoms. The zero-order valence-corrected chi connectivity index (χ0v) is 15.0. The number of amides is 1. The predicted molar refractivity (Wildman–Crippen MR) is 97.7 cm³/mol. The number of carbonyl (C=O) groups is 2. The van der Waals surface area contributed by atoms with Gasteiger partial charge in [0.05, 0.1) is 6.42 Å². The molecule has 0 saturated heterocycles. The molecule has 0 bridgehead atoms. The fourth-order valence-corrected chi connectivity index (χ4v) is 4.53. The number of benzene rings is 1. The highest BCUT2D eigenvalue weighted by Crippen LogP contribution is 2.32. The lowest BCUT2D eigenvalue weighted by atomic mass is 9.87. The maximum Gasteiger partial charge on any atom is 0.307 e. The van der Waals surface area contributed by atoms with E-state index < -0.39 is 5.97 Å². The van der Waals surface area contributed by atoms with Crippen LogP contribution in [0, 0.1) is 0 Å². The van der Waals surface area contributed by atoms with Crippen LogP contribution in [0.4, 0.5) is 0 Å². The minimum Gasteiger partial charge on any atom is -0.481 e. The Bertz CT molecular complexity index is 583. The fourth-order valence-electron chi connectivity index (χ4n) is 4.53. The molecule has 2 fully saturated rings. The summed E-state index contributed by atoms with van der Waals surface area (Å²) < 4.78 is 0. The van der Waals surface area contributed by atoms with Gasteiger partial charge in [0.2, 0.25) is 0 Å². The molecule has 0 heterocycles. The molecule has 1 amide bonds. The van der Waals surface area contributed by atoms with Crippen molar-refractivity contribution in [1.29, 1.82) is 0 Å². The molecule has 0 unspecified atom stereocenters. The number of hydrogen-bond acceptors (Lipinski definition) is 2. The second-order valence-electron chi connectivity index (χ2n) is 7.52. The first-order chi connectivity index (χ1) is 12.2. The molecule has 0 aliphatic heterocycles. The maximum absolute atomic E-state index is 13.5.